The molecule has 0 spiro atoms. The van der Waals surface area contributed by atoms with Crippen LogP contribution >= 0.6 is 0 Å². The van der Waals surface area contributed by atoms with Crippen LogP contribution in [0.3, 0.4) is 0 Å². The van der Waals surface area contributed by atoms with Gasteiger partial charge in [0.2, 0.25) is 0 Å². The molecule has 1 unspecified atom stereocenters. The summed E-state index contributed by atoms with van der Waals surface area (Å²) in [6.07, 6.45) is 5.37. The van der Waals surface area contributed by atoms with Crippen molar-refractivity contribution in [2.75, 3.05) is 19.6 Å². The van der Waals surface area contributed by atoms with E-state index in [0.717, 1.165) is 31.4 Å². The number of hydrogen-bond donors (Lipinski definition) is 1. The smallest absolute Gasteiger partial charge is 0.319 e. The molecule has 0 saturated carbocycles. The fourth-order valence-electron chi connectivity index (χ4n) is 3.26. The van der Waals surface area contributed by atoms with E-state index < -0.39 is 17.7 Å². The second-order valence-electron chi connectivity index (χ2n) is 6.92. The molecule has 3 heterocycles. The number of fused-ring (bicyclic) bond motifs is 1. The first-order chi connectivity index (χ1) is 10.9. The number of aliphatic imine (C=N–C) groups is 1. The van der Waals surface area contributed by atoms with Gasteiger partial charge in [0, 0.05) is 24.4 Å². The van der Waals surface area contributed by atoms with Gasteiger partial charge in [0.25, 0.3) is 0 Å². The number of aromatic nitrogens is 1. The van der Waals surface area contributed by atoms with Gasteiger partial charge in [-0.25, -0.2) is 9.98 Å². The fraction of sp³-hybridized carbons (Fsp3) is 0.529. The second kappa shape index (κ2) is 5.85. The Labute approximate surface area is 135 Å². The summed E-state index contributed by atoms with van der Waals surface area (Å²) in [5.74, 6) is -2.51. The summed E-state index contributed by atoms with van der Waals surface area (Å²) in [5, 5.41) is 9.11. The molecule has 2 aliphatic rings. The van der Waals surface area contributed by atoms with Crippen molar-refractivity contribution in [1.82, 2.24) is 9.88 Å². The molecule has 1 saturated heterocycles. The lowest BCUT2D eigenvalue weighted by Crippen LogP contribution is -2.35. The normalized spacial score (nSPS) is 21.5. The maximum absolute atomic E-state index is 12.4. The van der Waals surface area contributed by atoms with Gasteiger partial charge in [-0.1, -0.05) is 13.8 Å². The number of pyridine rings is 1. The Balaban J connectivity index is 1.89. The molecular weight excluding hydrogens is 294 g/mol. The van der Waals surface area contributed by atoms with Crippen molar-refractivity contribution in [3.8, 4) is 0 Å². The minimum Gasteiger partial charge on any atom is -0.480 e. The van der Waals surface area contributed by atoms with Crippen molar-refractivity contribution in [3.63, 3.8) is 0 Å². The first-order valence-corrected chi connectivity index (χ1v) is 7.92. The molecule has 0 radical (unpaired) electrons. The number of hydrogen-bond acceptors (Lipinski definition) is 5. The zero-order valence-corrected chi connectivity index (χ0v) is 13.5. The van der Waals surface area contributed by atoms with Gasteiger partial charge in [-0.15, -0.1) is 0 Å². The third-order valence-electron chi connectivity index (χ3n) is 4.63. The van der Waals surface area contributed by atoms with Gasteiger partial charge >= 0.3 is 5.97 Å². The Bertz CT molecular complexity index is 676. The lowest BCUT2D eigenvalue weighted by Gasteiger charge is -2.31. The number of Topliss-reactive ketones (excluding diaryl/α,β-unsaturated/α-hetero) is 1. The molecule has 0 aromatic carbocycles. The highest BCUT2D eigenvalue weighted by Crippen LogP contribution is 2.31. The van der Waals surface area contributed by atoms with Crippen LogP contribution in [0.5, 0.6) is 0 Å². The second-order valence-corrected chi connectivity index (χ2v) is 6.92. The van der Waals surface area contributed by atoms with Gasteiger partial charge in [-0.2, -0.15) is 0 Å². The van der Waals surface area contributed by atoms with Gasteiger partial charge in [0.1, 0.15) is 0 Å². The van der Waals surface area contributed by atoms with Gasteiger partial charge < -0.3 is 10.0 Å². The van der Waals surface area contributed by atoms with Crippen molar-refractivity contribution < 1.29 is 14.7 Å². The van der Waals surface area contributed by atoms with E-state index in [1.807, 2.05) is 0 Å². The van der Waals surface area contributed by atoms with Gasteiger partial charge in [-0.05, 0) is 37.6 Å². The van der Waals surface area contributed by atoms with Crippen LogP contribution in [0.15, 0.2) is 17.3 Å². The number of carboxylic acid groups (broad SMARTS) is 1. The van der Waals surface area contributed by atoms with Crippen LogP contribution in [0.4, 0.5) is 5.82 Å². The highest BCUT2D eigenvalue weighted by molar-refractivity contribution is 6.21. The quantitative estimate of drug-likeness (QED) is 0.860. The third-order valence-corrected chi connectivity index (χ3v) is 4.63. The summed E-state index contributed by atoms with van der Waals surface area (Å²) in [5.41, 5.74) is 1.09. The molecule has 6 nitrogen and oxygen atoms in total. The fourth-order valence-corrected chi connectivity index (χ4v) is 3.26. The third kappa shape index (κ3) is 3.03. The molecule has 122 valence electrons. The zero-order chi connectivity index (χ0) is 16.6. The summed E-state index contributed by atoms with van der Waals surface area (Å²) >= 11 is 0. The van der Waals surface area contributed by atoms with E-state index in [-0.39, 0.29) is 5.41 Å². The van der Waals surface area contributed by atoms with E-state index in [4.69, 9.17) is 5.11 Å². The number of likely N-dealkylation sites (tertiary alicyclic amines) is 1. The van der Waals surface area contributed by atoms with Crippen LogP contribution in [0, 0.1) is 5.92 Å². The van der Waals surface area contributed by atoms with Crippen LogP contribution in [0.1, 0.15) is 42.6 Å². The highest BCUT2D eigenvalue weighted by Gasteiger charge is 2.33. The largest absolute Gasteiger partial charge is 0.480 e. The lowest BCUT2D eigenvalue weighted by atomic mass is 9.83. The molecule has 2 aliphatic heterocycles. The van der Waals surface area contributed by atoms with E-state index in [9.17, 15) is 9.59 Å². The lowest BCUT2D eigenvalue weighted by molar-refractivity contribution is -0.137. The number of ketones is 1. The minimum atomic E-state index is -1.21. The number of carboxylic acids is 1. The predicted octanol–water partition coefficient (Wildman–Crippen LogP) is 2.05. The molecule has 0 bridgehead atoms. The highest BCUT2D eigenvalue weighted by atomic mass is 16.4. The maximum atomic E-state index is 12.4. The molecule has 1 fully saturated rings. The standard InChI is InChI=1S/C17H21N3O3/c1-17(2,10-20-5-3-4-6-20)11-7-12-14(21)13(16(22)23)9-19-15(12)18-8-11/h7-9,13H,3-6,10H2,1-2H3,(H,22,23). The van der Waals surface area contributed by atoms with Gasteiger partial charge in [0.15, 0.2) is 17.5 Å². The average molecular weight is 315 g/mol. The zero-order valence-electron chi connectivity index (χ0n) is 13.5. The summed E-state index contributed by atoms with van der Waals surface area (Å²) in [4.78, 5) is 34.2. The summed E-state index contributed by atoms with van der Waals surface area (Å²) in [6, 6.07) is 1.77. The molecule has 1 aromatic rings. The average Bonchev–Trinajstić information content (AvgIpc) is 2.99. The first kappa shape index (κ1) is 15.8. The molecule has 3 rings (SSSR count). The van der Waals surface area contributed by atoms with E-state index in [1.165, 1.54) is 12.8 Å². The van der Waals surface area contributed by atoms with Crippen LogP contribution in [-0.4, -0.2) is 52.6 Å². The summed E-state index contributed by atoms with van der Waals surface area (Å²) in [6.45, 7) is 7.35. The number of nitrogens with zero attached hydrogens (tertiary/aromatic N) is 3. The van der Waals surface area contributed by atoms with Crippen molar-refractivity contribution in [1.29, 1.82) is 0 Å². The molecule has 0 amide bonds. The van der Waals surface area contributed by atoms with Crippen LogP contribution in [0.2, 0.25) is 0 Å². The molecule has 23 heavy (non-hydrogen) atoms. The number of carbonyl (C=O) groups excluding carboxylic acids is 1. The summed E-state index contributed by atoms with van der Waals surface area (Å²) < 4.78 is 0. The van der Waals surface area contributed by atoms with E-state index in [0.29, 0.717) is 11.4 Å². The first-order valence-electron chi connectivity index (χ1n) is 7.92. The van der Waals surface area contributed by atoms with Crippen molar-refractivity contribution >= 4 is 23.8 Å². The molecule has 0 aliphatic carbocycles. The molecule has 1 aromatic heterocycles. The van der Waals surface area contributed by atoms with Crippen molar-refractivity contribution in [2.45, 2.75) is 32.1 Å². The van der Waals surface area contributed by atoms with E-state index in [1.54, 1.807) is 12.3 Å². The topological polar surface area (TPSA) is 82.9 Å². The van der Waals surface area contributed by atoms with Crippen LogP contribution in [0.25, 0.3) is 0 Å². The Morgan fingerprint density at radius 1 is 1.39 bits per heavy atom. The minimum absolute atomic E-state index is 0.160. The van der Waals surface area contributed by atoms with Crippen molar-refractivity contribution in [2.24, 2.45) is 10.9 Å². The molecular formula is C17H21N3O3. The Morgan fingerprint density at radius 2 is 2.09 bits per heavy atom. The number of rotatable bonds is 4. The monoisotopic (exact) mass is 315 g/mol. The van der Waals surface area contributed by atoms with Gasteiger partial charge in [0.05, 0.1) is 5.56 Å². The SMILES string of the molecule is CC(C)(CN1CCCC1)c1cnc2c(c1)C(=O)C(C(=O)O)C=N2. The predicted molar refractivity (Wildman–Crippen MR) is 86.5 cm³/mol. The molecule has 6 heteroatoms. The molecule has 1 atom stereocenters. The van der Waals surface area contributed by atoms with Crippen LogP contribution < -0.4 is 0 Å². The van der Waals surface area contributed by atoms with Crippen LogP contribution in [-0.2, 0) is 10.2 Å². The van der Waals surface area contributed by atoms with E-state index >= 15 is 0 Å². The Kier molecular flexibility index (Phi) is 4.02. The maximum Gasteiger partial charge on any atom is 0.319 e. The number of carbonyl (C=O) groups is 2. The Morgan fingerprint density at radius 3 is 2.74 bits per heavy atom. The van der Waals surface area contributed by atoms with E-state index in [2.05, 4.69) is 28.7 Å². The summed E-state index contributed by atoms with van der Waals surface area (Å²) in [7, 11) is 0. The number of aliphatic carboxylic acids is 1. The Hall–Kier alpha value is -2.08. The van der Waals surface area contributed by atoms with Gasteiger partial charge in [-0.3, -0.25) is 9.59 Å². The van der Waals surface area contributed by atoms with Crippen molar-refractivity contribution in [3.05, 3.63) is 23.4 Å². The molecule has 1 N–H and O–H groups in total.